The highest BCUT2D eigenvalue weighted by molar-refractivity contribution is 7.15. The van der Waals surface area contributed by atoms with E-state index in [0.717, 1.165) is 48.1 Å². The zero-order valence-electron chi connectivity index (χ0n) is 16.8. The third-order valence-electron chi connectivity index (χ3n) is 4.95. The zero-order chi connectivity index (χ0) is 22.5. The fourth-order valence-electron chi connectivity index (χ4n) is 3.57. The number of aliphatic carboxylic acids is 1. The fourth-order valence-corrected chi connectivity index (χ4v) is 4.28. The van der Waals surface area contributed by atoms with E-state index in [4.69, 9.17) is 19.4 Å². The van der Waals surface area contributed by atoms with Gasteiger partial charge in [-0.3, -0.25) is 4.98 Å². The molecule has 1 N–H and O–H groups in total. The Labute approximate surface area is 181 Å². The minimum atomic E-state index is -5.08. The number of hydrogen-bond acceptors (Lipinski definition) is 8. The van der Waals surface area contributed by atoms with Crippen LogP contribution in [0.5, 0.6) is 0 Å². The molecule has 4 rings (SSSR count). The molecule has 12 heteroatoms. The Morgan fingerprint density at radius 1 is 1.45 bits per heavy atom. The Hall–Kier alpha value is -2.31. The van der Waals surface area contributed by atoms with Gasteiger partial charge in [0.05, 0.1) is 24.9 Å². The molecule has 0 unspecified atom stereocenters. The summed E-state index contributed by atoms with van der Waals surface area (Å²) >= 11 is 1.65. The predicted molar refractivity (Wildman–Crippen MR) is 106 cm³/mol. The van der Waals surface area contributed by atoms with E-state index in [2.05, 4.69) is 20.1 Å². The first-order valence-corrected chi connectivity index (χ1v) is 10.5. The van der Waals surface area contributed by atoms with Gasteiger partial charge in [0.2, 0.25) is 5.13 Å². The topological polar surface area (TPSA) is 97.7 Å². The Kier molecular flexibility index (Phi) is 7.44. The van der Waals surface area contributed by atoms with Crippen LogP contribution in [0.3, 0.4) is 0 Å². The smallest absolute Gasteiger partial charge is 0.475 e. The molecule has 2 saturated heterocycles. The molecular weight excluding hydrogens is 437 g/mol. The Morgan fingerprint density at radius 2 is 2.23 bits per heavy atom. The molecule has 0 bridgehead atoms. The minimum Gasteiger partial charge on any atom is -0.475 e. The molecule has 0 radical (unpaired) electrons. The molecule has 2 atom stereocenters. The van der Waals surface area contributed by atoms with Crippen LogP contribution in [0.2, 0.25) is 0 Å². The Bertz CT molecular complexity index is 867. The molecule has 0 amide bonds. The molecular formula is C19H23F3N4O4S. The van der Waals surface area contributed by atoms with Crippen molar-refractivity contribution in [1.29, 1.82) is 0 Å². The first kappa shape index (κ1) is 23.4. The van der Waals surface area contributed by atoms with Gasteiger partial charge in [-0.25, -0.2) is 4.79 Å². The summed E-state index contributed by atoms with van der Waals surface area (Å²) in [5.74, 6) is -2.76. The van der Waals surface area contributed by atoms with Crippen LogP contribution in [-0.2, 0) is 20.9 Å². The summed E-state index contributed by atoms with van der Waals surface area (Å²) in [7, 11) is 0. The van der Waals surface area contributed by atoms with Crippen LogP contribution in [0, 0.1) is 6.92 Å². The molecule has 2 fully saturated rings. The summed E-state index contributed by atoms with van der Waals surface area (Å²) in [5, 5.41) is 17.6. The van der Waals surface area contributed by atoms with Crippen LogP contribution >= 0.6 is 11.3 Å². The monoisotopic (exact) mass is 460 g/mol. The number of hydrogen-bond donors (Lipinski definition) is 1. The van der Waals surface area contributed by atoms with E-state index in [1.807, 2.05) is 25.3 Å². The fraction of sp³-hybridized carbons (Fsp3) is 0.579. The molecule has 2 aromatic heterocycles. The zero-order valence-corrected chi connectivity index (χ0v) is 17.7. The van der Waals surface area contributed by atoms with Gasteiger partial charge in [-0.2, -0.15) is 13.2 Å². The number of carbonyl (C=O) groups is 1. The van der Waals surface area contributed by atoms with Crippen LogP contribution < -0.4 is 4.90 Å². The van der Waals surface area contributed by atoms with E-state index in [9.17, 15) is 13.2 Å². The summed E-state index contributed by atoms with van der Waals surface area (Å²) < 4.78 is 44.0. The van der Waals surface area contributed by atoms with Gasteiger partial charge in [0.15, 0.2) is 0 Å². The second-order valence-corrected chi connectivity index (χ2v) is 8.58. The average molecular weight is 460 g/mol. The molecule has 2 aliphatic rings. The quantitative estimate of drug-likeness (QED) is 0.743. The lowest BCUT2D eigenvalue weighted by molar-refractivity contribution is -0.192. The molecule has 170 valence electrons. The van der Waals surface area contributed by atoms with Crippen molar-refractivity contribution in [2.24, 2.45) is 0 Å². The number of carboxylic acid groups (broad SMARTS) is 1. The van der Waals surface area contributed by atoms with E-state index in [1.165, 1.54) is 0 Å². The van der Waals surface area contributed by atoms with E-state index < -0.39 is 12.1 Å². The maximum atomic E-state index is 10.6. The maximum absolute atomic E-state index is 10.6. The SMILES string of the molecule is Cc1nnc(N2CCC[C@]3(C[C@H](OCc4cccnc4)CO3)C2)s1.O=C(O)C(F)(F)F. The molecule has 2 aliphatic heterocycles. The highest BCUT2D eigenvalue weighted by atomic mass is 32.1. The molecule has 0 aliphatic carbocycles. The van der Waals surface area contributed by atoms with Gasteiger partial charge in [-0.1, -0.05) is 17.4 Å². The van der Waals surface area contributed by atoms with Crippen LogP contribution in [0.4, 0.5) is 18.3 Å². The Balaban J connectivity index is 0.000000339. The summed E-state index contributed by atoms with van der Waals surface area (Å²) in [6.07, 6.45) is 1.86. The lowest BCUT2D eigenvalue weighted by Gasteiger charge is -2.39. The number of rotatable bonds is 4. The second kappa shape index (κ2) is 9.88. The van der Waals surface area contributed by atoms with E-state index >= 15 is 0 Å². The molecule has 4 heterocycles. The number of nitrogens with zero attached hydrogens (tertiary/aromatic N) is 4. The van der Waals surface area contributed by atoms with Crippen molar-refractivity contribution in [2.45, 2.75) is 50.7 Å². The van der Waals surface area contributed by atoms with Crippen LogP contribution in [0.25, 0.3) is 0 Å². The molecule has 2 aromatic rings. The lowest BCUT2D eigenvalue weighted by Crippen LogP contribution is -2.48. The van der Waals surface area contributed by atoms with Crippen LogP contribution in [0.15, 0.2) is 24.5 Å². The second-order valence-electron chi connectivity index (χ2n) is 7.42. The van der Waals surface area contributed by atoms with Crippen LogP contribution in [0.1, 0.15) is 29.8 Å². The number of pyridine rings is 1. The number of carboxylic acids is 1. The van der Waals surface area contributed by atoms with E-state index in [0.29, 0.717) is 13.2 Å². The van der Waals surface area contributed by atoms with E-state index in [1.54, 1.807) is 17.5 Å². The van der Waals surface area contributed by atoms with Gasteiger partial charge in [-0.15, -0.1) is 10.2 Å². The average Bonchev–Trinajstić information content (AvgIpc) is 3.33. The number of piperidine rings is 1. The number of aromatic nitrogens is 3. The molecule has 31 heavy (non-hydrogen) atoms. The first-order chi connectivity index (χ1) is 14.7. The van der Waals surface area contributed by atoms with Gasteiger partial charge in [0, 0.05) is 31.9 Å². The van der Waals surface area contributed by atoms with Crippen molar-refractivity contribution in [1.82, 2.24) is 15.2 Å². The number of ether oxygens (including phenoxy) is 2. The highest BCUT2D eigenvalue weighted by Crippen LogP contribution is 2.38. The number of alkyl halides is 3. The number of anilines is 1. The van der Waals surface area contributed by atoms with Crippen LogP contribution in [-0.4, -0.2) is 63.8 Å². The molecule has 0 saturated carbocycles. The maximum Gasteiger partial charge on any atom is 0.490 e. The third kappa shape index (κ3) is 6.58. The van der Waals surface area contributed by atoms with Crippen molar-refractivity contribution in [3.8, 4) is 0 Å². The highest BCUT2D eigenvalue weighted by Gasteiger charge is 2.44. The minimum absolute atomic E-state index is 0.0998. The largest absolute Gasteiger partial charge is 0.490 e. The Morgan fingerprint density at radius 3 is 2.84 bits per heavy atom. The van der Waals surface area contributed by atoms with Gasteiger partial charge in [-0.05, 0) is 31.4 Å². The van der Waals surface area contributed by atoms with Gasteiger partial charge >= 0.3 is 12.1 Å². The number of halogens is 3. The van der Waals surface area contributed by atoms with Gasteiger partial charge in [0.1, 0.15) is 5.01 Å². The third-order valence-corrected chi connectivity index (χ3v) is 5.85. The number of aryl methyl sites for hydroxylation is 1. The van der Waals surface area contributed by atoms with Gasteiger partial charge in [0.25, 0.3) is 0 Å². The summed E-state index contributed by atoms with van der Waals surface area (Å²) in [5.41, 5.74) is 1.00. The standard InChI is InChI=1S/C17H22N4O2S.C2HF3O2/c1-13-19-20-16(24-13)21-7-3-5-17(12-21)8-15(11-23-17)22-10-14-4-2-6-18-9-14;3-2(4,5)1(6)7/h2,4,6,9,15H,3,5,7-8,10-12H2,1H3;(H,6,7)/t15-,17-;/m0./s1. The summed E-state index contributed by atoms with van der Waals surface area (Å²) in [6, 6.07) is 3.98. The van der Waals surface area contributed by atoms with Gasteiger partial charge < -0.3 is 19.5 Å². The van der Waals surface area contributed by atoms with Crippen molar-refractivity contribution in [3.05, 3.63) is 35.1 Å². The first-order valence-electron chi connectivity index (χ1n) is 9.66. The summed E-state index contributed by atoms with van der Waals surface area (Å²) in [6.45, 7) is 5.17. The lowest BCUT2D eigenvalue weighted by atomic mass is 9.89. The molecule has 0 aromatic carbocycles. The molecule has 1 spiro atoms. The predicted octanol–water partition coefficient (Wildman–Crippen LogP) is 3.22. The van der Waals surface area contributed by atoms with E-state index in [-0.39, 0.29) is 11.7 Å². The van der Waals surface area contributed by atoms with Crippen molar-refractivity contribution in [3.63, 3.8) is 0 Å². The summed E-state index contributed by atoms with van der Waals surface area (Å²) in [4.78, 5) is 15.3. The normalized spacial score (nSPS) is 23.5. The van der Waals surface area contributed by atoms with Crippen molar-refractivity contribution < 1.29 is 32.5 Å². The van der Waals surface area contributed by atoms with Crippen molar-refractivity contribution in [2.75, 3.05) is 24.6 Å². The molecule has 8 nitrogen and oxygen atoms in total. The van der Waals surface area contributed by atoms with Crippen molar-refractivity contribution >= 4 is 22.4 Å².